The number of allylic oxidation sites excluding steroid dienone is 4. The molecule has 3 nitrogen and oxygen atoms in total. The van der Waals surface area contributed by atoms with Gasteiger partial charge in [0.05, 0.1) is 5.71 Å². The van der Waals surface area contributed by atoms with Gasteiger partial charge in [0.25, 0.3) is 0 Å². The molecule has 1 aliphatic rings. The molecule has 0 saturated carbocycles. The third-order valence-corrected chi connectivity index (χ3v) is 2.57. The van der Waals surface area contributed by atoms with Gasteiger partial charge in [0.15, 0.2) is 0 Å². The van der Waals surface area contributed by atoms with E-state index in [0.717, 1.165) is 11.3 Å². The summed E-state index contributed by atoms with van der Waals surface area (Å²) in [5, 5.41) is 11.5. The zero-order chi connectivity index (χ0) is 12.3. The lowest BCUT2D eigenvalue weighted by Crippen LogP contribution is -2.07. The van der Waals surface area contributed by atoms with Crippen molar-refractivity contribution in [2.45, 2.75) is 0 Å². The SMILES string of the molecule is N=C1C=CC(N)=C/C1=C/Nc1ccc(Cl)cc1. The minimum atomic E-state index is 0.431. The van der Waals surface area contributed by atoms with Gasteiger partial charge in [0, 0.05) is 28.2 Å². The van der Waals surface area contributed by atoms with Crippen molar-refractivity contribution in [1.29, 1.82) is 5.41 Å². The summed E-state index contributed by atoms with van der Waals surface area (Å²) in [6.07, 6.45) is 6.89. The number of nitrogens with two attached hydrogens (primary N) is 1. The number of halogens is 1. The van der Waals surface area contributed by atoms with E-state index in [9.17, 15) is 0 Å². The molecule has 1 aromatic rings. The molecule has 4 N–H and O–H groups in total. The molecular weight excluding hydrogens is 234 g/mol. The highest BCUT2D eigenvalue weighted by Gasteiger charge is 2.04. The van der Waals surface area contributed by atoms with E-state index in [1.54, 1.807) is 36.6 Å². The van der Waals surface area contributed by atoms with Crippen LogP contribution in [-0.4, -0.2) is 5.71 Å². The summed E-state index contributed by atoms with van der Waals surface area (Å²) in [5.41, 5.74) is 8.41. The predicted molar refractivity (Wildman–Crippen MR) is 72.3 cm³/mol. The zero-order valence-electron chi connectivity index (χ0n) is 9.07. The van der Waals surface area contributed by atoms with Crippen molar-refractivity contribution in [3.05, 3.63) is 65.0 Å². The fourth-order valence-corrected chi connectivity index (χ4v) is 1.53. The second-order valence-electron chi connectivity index (χ2n) is 3.64. The van der Waals surface area contributed by atoms with Gasteiger partial charge < -0.3 is 16.5 Å². The van der Waals surface area contributed by atoms with Gasteiger partial charge in [-0.25, -0.2) is 0 Å². The van der Waals surface area contributed by atoms with Crippen LogP contribution in [0.4, 0.5) is 5.69 Å². The fourth-order valence-electron chi connectivity index (χ4n) is 1.41. The molecule has 0 heterocycles. The molecule has 0 saturated heterocycles. The monoisotopic (exact) mass is 245 g/mol. The van der Waals surface area contributed by atoms with Crippen LogP contribution in [0, 0.1) is 5.41 Å². The smallest absolute Gasteiger partial charge is 0.0628 e. The number of rotatable bonds is 2. The van der Waals surface area contributed by atoms with Crippen molar-refractivity contribution in [3.63, 3.8) is 0 Å². The van der Waals surface area contributed by atoms with Crippen LogP contribution in [0.2, 0.25) is 5.02 Å². The Morgan fingerprint density at radius 1 is 1.18 bits per heavy atom. The maximum Gasteiger partial charge on any atom is 0.0628 e. The van der Waals surface area contributed by atoms with Crippen LogP contribution in [0.25, 0.3) is 0 Å². The Labute approximate surface area is 105 Å². The summed E-state index contributed by atoms with van der Waals surface area (Å²) in [7, 11) is 0. The predicted octanol–water partition coefficient (Wildman–Crippen LogP) is 3.07. The first-order chi connectivity index (χ1) is 8.15. The summed E-state index contributed by atoms with van der Waals surface area (Å²) < 4.78 is 0. The summed E-state index contributed by atoms with van der Waals surface area (Å²) in [6.45, 7) is 0. The second kappa shape index (κ2) is 4.89. The third kappa shape index (κ3) is 2.98. The highest BCUT2D eigenvalue weighted by Crippen LogP contribution is 2.15. The number of hydrogen-bond donors (Lipinski definition) is 3. The molecule has 86 valence electrons. The van der Waals surface area contributed by atoms with Gasteiger partial charge in [-0.05, 0) is 42.5 Å². The average Bonchev–Trinajstić information content (AvgIpc) is 2.32. The van der Waals surface area contributed by atoms with Crippen LogP contribution >= 0.6 is 11.6 Å². The molecular formula is C13H12ClN3. The van der Waals surface area contributed by atoms with Crippen molar-refractivity contribution >= 4 is 23.0 Å². The first-order valence-electron chi connectivity index (χ1n) is 5.11. The first-order valence-corrected chi connectivity index (χ1v) is 5.49. The zero-order valence-corrected chi connectivity index (χ0v) is 9.83. The molecule has 1 aromatic carbocycles. The lowest BCUT2D eigenvalue weighted by molar-refractivity contribution is 1.37. The molecule has 0 radical (unpaired) electrons. The van der Waals surface area contributed by atoms with Crippen LogP contribution in [0.5, 0.6) is 0 Å². The van der Waals surface area contributed by atoms with E-state index in [4.69, 9.17) is 22.7 Å². The van der Waals surface area contributed by atoms with Gasteiger partial charge in [-0.1, -0.05) is 11.6 Å². The molecule has 0 spiro atoms. The molecule has 0 atom stereocenters. The van der Waals surface area contributed by atoms with Crippen LogP contribution in [-0.2, 0) is 0 Å². The second-order valence-corrected chi connectivity index (χ2v) is 4.08. The third-order valence-electron chi connectivity index (χ3n) is 2.31. The molecule has 0 unspecified atom stereocenters. The molecule has 1 aliphatic carbocycles. The van der Waals surface area contributed by atoms with E-state index < -0.39 is 0 Å². The number of anilines is 1. The van der Waals surface area contributed by atoms with E-state index in [0.29, 0.717) is 16.4 Å². The van der Waals surface area contributed by atoms with Crippen molar-refractivity contribution in [1.82, 2.24) is 0 Å². The lowest BCUT2D eigenvalue weighted by atomic mass is 10.1. The Morgan fingerprint density at radius 3 is 2.59 bits per heavy atom. The Kier molecular flexibility index (Phi) is 3.30. The van der Waals surface area contributed by atoms with Crippen LogP contribution in [0.3, 0.4) is 0 Å². The molecule has 0 bridgehead atoms. The highest BCUT2D eigenvalue weighted by molar-refractivity contribution is 6.30. The van der Waals surface area contributed by atoms with Crippen molar-refractivity contribution in [2.75, 3.05) is 5.32 Å². The summed E-state index contributed by atoms with van der Waals surface area (Å²) in [4.78, 5) is 0. The number of nitrogens with one attached hydrogen (secondary N) is 2. The molecule has 2 rings (SSSR count). The summed E-state index contributed by atoms with van der Waals surface area (Å²) in [5.74, 6) is 0. The number of hydrogen-bond acceptors (Lipinski definition) is 3. The van der Waals surface area contributed by atoms with Gasteiger partial charge in [-0.2, -0.15) is 0 Å². The fraction of sp³-hybridized carbons (Fsp3) is 0. The van der Waals surface area contributed by atoms with E-state index in [1.165, 1.54) is 0 Å². The van der Waals surface area contributed by atoms with Gasteiger partial charge >= 0.3 is 0 Å². The summed E-state index contributed by atoms with van der Waals surface area (Å²) in [6, 6.07) is 7.35. The topological polar surface area (TPSA) is 61.9 Å². The first kappa shape index (κ1) is 11.5. The Morgan fingerprint density at radius 2 is 1.88 bits per heavy atom. The standard InChI is InChI=1S/C13H12ClN3/c14-10-1-4-12(5-2-10)17-8-9-7-11(15)3-6-13(9)16/h1-8,16-17H,15H2/b9-8-,16-13?. The van der Waals surface area contributed by atoms with E-state index in [-0.39, 0.29) is 0 Å². The quantitative estimate of drug-likeness (QED) is 0.750. The normalized spacial score (nSPS) is 17.1. The largest absolute Gasteiger partial charge is 0.399 e. The molecule has 0 fully saturated rings. The van der Waals surface area contributed by atoms with Crippen molar-refractivity contribution in [2.24, 2.45) is 5.73 Å². The van der Waals surface area contributed by atoms with Gasteiger partial charge in [-0.3, -0.25) is 0 Å². The molecule has 0 amide bonds. The van der Waals surface area contributed by atoms with Gasteiger partial charge in [0.2, 0.25) is 0 Å². The molecule has 0 aromatic heterocycles. The van der Waals surface area contributed by atoms with Gasteiger partial charge in [-0.15, -0.1) is 0 Å². The molecule has 4 heteroatoms. The minimum Gasteiger partial charge on any atom is -0.399 e. The Hall–Kier alpha value is -2.00. The van der Waals surface area contributed by atoms with E-state index in [1.807, 2.05) is 12.1 Å². The Balaban J connectivity index is 2.13. The highest BCUT2D eigenvalue weighted by atomic mass is 35.5. The maximum absolute atomic E-state index is 7.72. The number of benzene rings is 1. The van der Waals surface area contributed by atoms with Crippen LogP contribution < -0.4 is 11.1 Å². The minimum absolute atomic E-state index is 0.431. The van der Waals surface area contributed by atoms with Crippen molar-refractivity contribution in [3.8, 4) is 0 Å². The maximum atomic E-state index is 7.72. The van der Waals surface area contributed by atoms with Crippen LogP contribution in [0.1, 0.15) is 0 Å². The van der Waals surface area contributed by atoms with E-state index in [2.05, 4.69) is 5.32 Å². The van der Waals surface area contributed by atoms with Gasteiger partial charge in [0.1, 0.15) is 0 Å². The van der Waals surface area contributed by atoms with Crippen LogP contribution in [0.15, 0.2) is 60.0 Å². The average molecular weight is 246 g/mol. The lowest BCUT2D eigenvalue weighted by Gasteiger charge is -2.08. The summed E-state index contributed by atoms with van der Waals surface area (Å²) >= 11 is 5.79. The molecule has 0 aliphatic heterocycles. The van der Waals surface area contributed by atoms with E-state index >= 15 is 0 Å². The molecule has 17 heavy (non-hydrogen) atoms. The Bertz CT molecular complexity index is 524. The van der Waals surface area contributed by atoms with Crippen molar-refractivity contribution < 1.29 is 0 Å².